The van der Waals surface area contributed by atoms with Crippen LogP contribution in [0.5, 0.6) is 0 Å². The van der Waals surface area contributed by atoms with Gasteiger partial charge in [-0.3, -0.25) is 9.78 Å². The number of amides is 1. The number of ether oxygens (including phenoxy) is 1. The SMILES string of the molecule is COCC(O)CN(C)C(=O)c1cc(N)ccn1. The Labute approximate surface area is 100 Å². The minimum absolute atomic E-state index is 0.183. The van der Waals surface area contributed by atoms with Crippen molar-refractivity contribution in [1.29, 1.82) is 0 Å². The van der Waals surface area contributed by atoms with Crippen LogP contribution in [0, 0.1) is 0 Å². The van der Waals surface area contributed by atoms with Gasteiger partial charge in [0.05, 0.1) is 12.7 Å². The molecule has 1 heterocycles. The molecule has 1 aromatic heterocycles. The van der Waals surface area contributed by atoms with Crippen molar-refractivity contribution >= 4 is 11.6 Å². The van der Waals surface area contributed by atoms with Gasteiger partial charge in [0.25, 0.3) is 5.91 Å². The van der Waals surface area contributed by atoms with Crippen molar-refractivity contribution in [3.05, 3.63) is 24.0 Å². The predicted molar refractivity (Wildman–Crippen MR) is 63.5 cm³/mol. The molecule has 6 nitrogen and oxygen atoms in total. The lowest BCUT2D eigenvalue weighted by Gasteiger charge is -2.20. The monoisotopic (exact) mass is 239 g/mol. The van der Waals surface area contributed by atoms with Crippen LogP contribution < -0.4 is 5.73 Å². The number of methoxy groups -OCH3 is 1. The molecule has 1 aromatic rings. The molecule has 0 aliphatic rings. The highest BCUT2D eigenvalue weighted by Crippen LogP contribution is 2.06. The van der Waals surface area contributed by atoms with Gasteiger partial charge in [-0.1, -0.05) is 0 Å². The highest BCUT2D eigenvalue weighted by molar-refractivity contribution is 5.92. The number of aliphatic hydroxyl groups excluding tert-OH is 1. The molecule has 1 rings (SSSR count). The fourth-order valence-corrected chi connectivity index (χ4v) is 1.40. The van der Waals surface area contributed by atoms with Gasteiger partial charge in [0.1, 0.15) is 5.69 Å². The van der Waals surface area contributed by atoms with E-state index in [2.05, 4.69) is 4.98 Å². The molecule has 0 fully saturated rings. The van der Waals surface area contributed by atoms with Gasteiger partial charge in [0.2, 0.25) is 0 Å². The average Bonchev–Trinajstić information content (AvgIpc) is 2.28. The summed E-state index contributed by atoms with van der Waals surface area (Å²) >= 11 is 0. The second-order valence-electron chi connectivity index (χ2n) is 3.77. The summed E-state index contributed by atoms with van der Waals surface area (Å²) in [6.45, 7) is 0.366. The Balaban J connectivity index is 2.63. The molecule has 3 N–H and O–H groups in total. The van der Waals surface area contributed by atoms with Crippen LogP contribution in [0.25, 0.3) is 0 Å². The van der Waals surface area contributed by atoms with E-state index in [0.717, 1.165) is 0 Å². The zero-order valence-corrected chi connectivity index (χ0v) is 9.96. The molecule has 1 amide bonds. The second-order valence-corrected chi connectivity index (χ2v) is 3.77. The minimum atomic E-state index is -0.713. The largest absolute Gasteiger partial charge is 0.399 e. The molecular weight excluding hydrogens is 222 g/mol. The van der Waals surface area contributed by atoms with E-state index in [-0.39, 0.29) is 24.8 Å². The predicted octanol–water partition coefficient (Wildman–Crippen LogP) is -0.257. The summed E-state index contributed by atoms with van der Waals surface area (Å²) in [5.41, 5.74) is 6.31. The van der Waals surface area contributed by atoms with E-state index in [1.807, 2.05) is 0 Å². The highest BCUT2D eigenvalue weighted by Gasteiger charge is 2.16. The number of carbonyl (C=O) groups excluding carboxylic acids is 1. The molecule has 1 unspecified atom stereocenters. The Bertz CT molecular complexity index is 384. The summed E-state index contributed by atoms with van der Waals surface area (Å²) in [4.78, 5) is 17.2. The van der Waals surface area contributed by atoms with Crippen LogP contribution in [0.2, 0.25) is 0 Å². The minimum Gasteiger partial charge on any atom is -0.399 e. The fraction of sp³-hybridized carbons (Fsp3) is 0.455. The van der Waals surface area contributed by atoms with Crippen LogP contribution in [0.4, 0.5) is 5.69 Å². The normalized spacial score (nSPS) is 12.2. The van der Waals surface area contributed by atoms with Gasteiger partial charge in [0, 0.05) is 32.6 Å². The summed E-state index contributed by atoms with van der Waals surface area (Å²) in [5, 5.41) is 9.51. The zero-order chi connectivity index (χ0) is 12.8. The zero-order valence-electron chi connectivity index (χ0n) is 9.96. The molecule has 0 spiro atoms. The number of nitrogens with two attached hydrogens (primary N) is 1. The smallest absolute Gasteiger partial charge is 0.272 e. The summed E-state index contributed by atoms with van der Waals surface area (Å²) in [6, 6.07) is 3.11. The number of aromatic nitrogens is 1. The van der Waals surface area contributed by atoms with Gasteiger partial charge in [-0.05, 0) is 12.1 Å². The lowest BCUT2D eigenvalue weighted by molar-refractivity contribution is 0.0378. The molecule has 94 valence electrons. The van der Waals surface area contributed by atoms with E-state index in [1.54, 1.807) is 13.1 Å². The van der Waals surface area contributed by atoms with Crippen LogP contribution in [0.15, 0.2) is 18.3 Å². The number of hydrogen-bond donors (Lipinski definition) is 2. The number of anilines is 1. The molecule has 0 aliphatic heterocycles. The maximum absolute atomic E-state index is 11.9. The number of pyridine rings is 1. The Kier molecular flexibility index (Phi) is 4.86. The Hall–Kier alpha value is -1.66. The van der Waals surface area contributed by atoms with E-state index in [4.69, 9.17) is 10.5 Å². The maximum Gasteiger partial charge on any atom is 0.272 e. The third-order valence-corrected chi connectivity index (χ3v) is 2.19. The first-order valence-electron chi connectivity index (χ1n) is 5.18. The van der Waals surface area contributed by atoms with E-state index in [1.165, 1.54) is 24.3 Å². The first-order chi connectivity index (χ1) is 8.04. The fourth-order valence-electron chi connectivity index (χ4n) is 1.40. The van der Waals surface area contributed by atoms with Crippen LogP contribution >= 0.6 is 0 Å². The van der Waals surface area contributed by atoms with E-state index in [9.17, 15) is 9.90 Å². The molecule has 0 saturated carbocycles. The molecule has 17 heavy (non-hydrogen) atoms. The van der Waals surface area contributed by atoms with E-state index >= 15 is 0 Å². The van der Waals surface area contributed by atoms with E-state index < -0.39 is 6.10 Å². The quantitative estimate of drug-likeness (QED) is 0.739. The highest BCUT2D eigenvalue weighted by atomic mass is 16.5. The topological polar surface area (TPSA) is 88.7 Å². The Morgan fingerprint density at radius 3 is 3.00 bits per heavy atom. The standard InChI is InChI=1S/C11H17N3O3/c1-14(6-9(15)7-17-2)11(16)10-5-8(12)3-4-13-10/h3-5,9,15H,6-7H2,1-2H3,(H2,12,13). The van der Waals surface area contributed by atoms with Crippen molar-refractivity contribution in [2.45, 2.75) is 6.10 Å². The molecule has 0 radical (unpaired) electrons. The van der Waals surface area contributed by atoms with Crippen molar-refractivity contribution in [2.24, 2.45) is 0 Å². The van der Waals surface area contributed by atoms with Gasteiger partial charge in [0.15, 0.2) is 0 Å². The summed E-state index contributed by atoms with van der Waals surface area (Å²) in [6.07, 6.45) is 0.761. The van der Waals surface area contributed by atoms with Crippen molar-refractivity contribution in [1.82, 2.24) is 9.88 Å². The number of carbonyl (C=O) groups is 1. The van der Waals surface area contributed by atoms with Gasteiger partial charge in [-0.25, -0.2) is 0 Å². The van der Waals surface area contributed by atoms with Crippen molar-refractivity contribution in [2.75, 3.05) is 33.0 Å². The third-order valence-electron chi connectivity index (χ3n) is 2.19. The number of rotatable bonds is 5. The molecule has 0 aliphatic carbocycles. The van der Waals surface area contributed by atoms with Crippen LogP contribution in [-0.2, 0) is 4.74 Å². The second kappa shape index (κ2) is 6.17. The number of aliphatic hydroxyl groups is 1. The maximum atomic E-state index is 11.9. The van der Waals surface area contributed by atoms with Crippen molar-refractivity contribution in [3.8, 4) is 0 Å². The Morgan fingerprint density at radius 2 is 2.41 bits per heavy atom. The van der Waals surface area contributed by atoms with Gasteiger partial charge >= 0.3 is 0 Å². The van der Waals surface area contributed by atoms with Crippen LogP contribution in [0.3, 0.4) is 0 Å². The van der Waals surface area contributed by atoms with Gasteiger partial charge in [-0.2, -0.15) is 0 Å². The lowest BCUT2D eigenvalue weighted by atomic mass is 10.2. The molecular formula is C11H17N3O3. The number of likely N-dealkylation sites (N-methyl/N-ethyl adjacent to an activating group) is 1. The first-order valence-corrected chi connectivity index (χ1v) is 5.18. The number of hydrogen-bond acceptors (Lipinski definition) is 5. The molecule has 0 aromatic carbocycles. The first kappa shape index (κ1) is 13.4. The third kappa shape index (κ3) is 4.01. The average molecular weight is 239 g/mol. The lowest BCUT2D eigenvalue weighted by Crippen LogP contribution is -2.36. The Morgan fingerprint density at radius 1 is 1.71 bits per heavy atom. The van der Waals surface area contributed by atoms with Gasteiger partial charge in [-0.15, -0.1) is 0 Å². The van der Waals surface area contributed by atoms with Gasteiger partial charge < -0.3 is 20.5 Å². The molecule has 0 bridgehead atoms. The van der Waals surface area contributed by atoms with Crippen LogP contribution in [-0.4, -0.2) is 54.3 Å². The molecule has 0 saturated heterocycles. The molecule has 1 atom stereocenters. The van der Waals surface area contributed by atoms with Crippen molar-refractivity contribution in [3.63, 3.8) is 0 Å². The molecule has 6 heteroatoms. The summed E-state index contributed by atoms with van der Waals surface area (Å²) in [7, 11) is 3.08. The van der Waals surface area contributed by atoms with E-state index in [0.29, 0.717) is 5.69 Å². The van der Waals surface area contributed by atoms with Crippen molar-refractivity contribution < 1.29 is 14.6 Å². The summed E-state index contributed by atoms with van der Waals surface area (Å²) < 4.78 is 4.79. The van der Waals surface area contributed by atoms with Crippen LogP contribution in [0.1, 0.15) is 10.5 Å². The number of nitrogens with zero attached hydrogens (tertiary/aromatic N) is 2. The number of nitrogen functional groups attached to an aromatic ring is 1. The summed E-state index contributed by atoms with van der Waals surface area (Å²) in [5.74, 6) is -0.285.